The third-order valence-electron chi connectivity index (χ3n) is 4.51. The molecule has 0 spiro atoms. The van der Waals surface area contributed by atoms with Crippen molar-refractivity contribution in [2.75, 3.05) is 13.1 Å². The van der Waals surface area contributed by atoms with Gasteiger partial charge in [-0.05, 0) is 55.0 Å². The molecular weight excluding hydrogens is 285 g/mol. The van der Waals surface area contributed by atoms with Crippen molar-refractivity contribution in [2.45, 2.75) is 46.0 Å². The van der Waals surface area contributed by atoms with Gasteiger partial charge in [-0.2, -0.15) is 0 Å². The normalized spacial score (nSPS) is 17.6. The zero-order chi connectivity index (χ0) is 15.2. The summed E-state index contributed by atoms with van der Waals surface area (Å²) in [6.07, 6.45) is 6.38. The van der Waals surface area contributed by atoms with Gasteiger partial charge in [0.1, 0.15) is 5.82 Å². The maximum Gasteiger partial charge on any atom is 0.141 e. The molecule has 0 bridgehead atoms. The van der Waals surface area contributed by atoms with Gasteiger partial charge in [0.15, 0.2) is 0 Å². The summed E-state index contributed by atoms with van der Waals surface area (Å²) in [6, 6.07) is 5.16. The zero-order valence-corrected chi connectivity index (χ0v) is 13.9. The Kier molecular flexibility index (Phi) is 6.50. The van der Waals surface area contributed by atoms with Crippen LogP contribution >= 0.6 is 11.6 Å². The van der Waals surface area contributed by atoms with E-state index in [0.717, 1.165) is 31.0 Å². The Balaban J connectivity index is 1.98. The monoisotopic (exact) mass is 311 g/mol. The lowest BCUT2D eigenvalue weighted by Gasteiger charge is -2.24. The highest BCUT2D eigenvalue weighted by Gasteiger charge is 2.25. The van der Waals surface area contributed by atoms with E-state index in [2.05, 4.69) is 19.2 Å². The van der Waals surface area contributed by atoms with Gasteiger partial charge in [-0.1, -0.05) is 57.2 Å². The van der Waals surface area contributed by atoms with Crippen molar-refractivity contribution in [1.82, 2.24) is 5.32 Å². The molecule has 0 heterocycles. The van der Waals surface area contributed by atoms with Crippen LogP contribution in [0.3, 0.4) is 0 Å². The Morgan fingerprint density at radius 1 is 1.24 bits per heavy atom. The van der Waals surface area contributed by atoms with E-state index >= 15 is 0 Å². The summed E-state index contributed by atoms with van der Waals surface area (Å²) >= 11 is 5.91. The van der Waals surface area contributed by atoms with Crippen LogP contribution in [0.4, 0.5) is 4.39 Å². The van der Waals surface area contributed by atoms with Crippen molar-refractivity contribution < 1.29 is 4.39 Å². The Labute approximate surface area is 133 Å². The molecule has 3 heteroatoms. The quantitative estimate of drug-likeness (QED) is 0.741. The summed E-state index contributed by atoms with van der Waals surface area (Å²) in [7, 11) is 0. The molecular formula is C18H27ClFN. The van der Waals surface area contributed by atoms with E-state index in [-0.39, 0.29) is 10.8 Å². The first-order valence-corrected chi connectivity index (χ1v) is 8.58. The van der Waals surface area contributed by atoms with Crippen molar-refractivity contribution in [3.8, 4) is 0 Å². The van der Waals surface area contributed by atoms with E-state index < -0.39 is 0 Å². The molecule has 1 aromatic carbocycles. The lowest BCUT2D eigenvalue weighted by atomic mass is 9.85. The molecule has 21 heavy (non-hydrogen) atoms. The molecule has 1 N–H and O–H groups in total. The van der Waals surface area contributed by atoms with Gasteiger partial charge in [-0.15, -0.1) is 0 Å². The zero-order valence-electron chi connectivity index (χ0n) is 13.2. The number of hydrogen-bond donors (Lipinski definition) is 1. The average Bonchev–Trinajstić information content (AvgIpc) is 2.95. The van der Waals surface area contributed by atoms with Crippen LogP contribution in [0.2, 0.25) is 5.02 Å². The Morgan fingerprint density at radius 3 is 2.57 bits per heavy atom. The second-order valence-electron chi connectivity index (χ2n) is 6.81. The first kappa shape index (κ1) is 16.8. The third kappa shape index (κ3) is 5.27. The molecule has 0 radical (unpaired) electrons. The molecule has 1 atom stereocenters. The molecule has 0 saturated heterocycles. The van der Waals surface area contributed by atoms with Crippen molar-refractivity contribution >= 4 is 11.6 Å². The summed E-state index contributed by atoms with van der Waals surface area (Å²) in [6.45, 7) is 6.58. The first-order valence-electron chi connectivity index (χ1n) is 8.21. The molecule has 1 unspecified atom stereocenters. The highest BCUT2D eigenvalue weighted by atomic mass is 35.5. The predicted molar refractivity (Wildman–Crippen MR) is 88.3 cm³/mol. The number of halogens is 2. The van der Waals surface area contributed by atoms with Crippen molar-refractivity contribution in [1.29, 1.82) is 0 Å². The fourth-order valence-electron chi connectivity index (χ4n) is 3.36. The molecule has 1 saturated carbocycles. The summed E-state index contributed by atoms with van der Waals surface area (Å²) in [5.74, 6) is 1.78. The molecule has 1 fully saturated rings. The molecule has 1 aliphatic rings. The van der Waals surface area contributed by atoms with Crippen LogP contribution in [-0.4, -0.2) is 13.1 Å². The van der Waals surface area contributed by atoms with E-state index in [1.807, 2.05) is 6.07 Å². The largest absolute Gasteiger partial charge is 0.316 e. The molecule has 1 nitrogen and oxygen atoms in total. The molecule has 1 aliphatic carbocycles. The van der Waals surface area contributed by atoms with Gasteiger partial charge < -0.3 is 5.32 Å². The standard InChI is InChI=1S/C18H27ClFN/c1-13(2)11-21-12-16(15-5-3-4-6-15)9-14-7-8-18(20)17(19)10-14/h7-8,10,13,15-16,21H,3-6,9,11-12H2,1-2H3. The van der Waals surface area contributed by atoms with Crippen LogP contribution in [-0.2, 0) is 6.42 Å². The van der Waals surface area contributed by atoms with Gasteiger partial charge in [0.25, 0.3) is 0 Å². The molecule has 118 valence electrons. The van der Waals surface area contributed by atoms with Gasteiger partial charge in [0.05, 0.1) is 5.02 Å². The van der Waals surface area contributed by atoms with E-state index in [1.54, 1.807) is 6.07 Å². The highest BCUT2D eigenvalue weighted by molar-refractivity contribution is 6.30. The van der Waals surface area contributed by atoms with Gasteiger partial charge in [-0.3, -0.25) is 0 Å². The van der Waals surface area contributed by atoms with E-state index in [4.69, 9.17) is 11.6 Å². The molecule has 1 aromatic rings. The van der Waals surface area contributed by atoms with Crippen molar-refractivity contribution in [3.05, 3.63) is 34.6 Å². The fourth-order valence-corrected chi connectivity index (χ4v) is 3.56. The van der Waals surface area contributed by atoms with Crippen LogP contribution in [0.1, 0.15) is 45.1 Å². The predicted octanol–water partition coefficient (Wildman–Crippen LogP) is 5.07. The van der Waals surface area contributed by atoms with E-state index in [9.17, 15) is 4.39 Å². The lowest BCUT2D eigenvalue weighted by Crippen LogP contribution is -2.31. The van der Waals surface area contributed by atoms with E-state index in [0.29, 0.717) is 11.8 Å². The summed E-state index contributed by atoms with van der Waals surface area (Å²) in [4.78, 5) is 0. The smallest absolute Gasteiger partial charge is 0.141 e. The van der Waals surface area contributed by atoms with Crippen molar-refractivity contribution in [2.24, 2.45) is 17.8 Å². The lowest BCUT2D eigenvalue weighted by molar-refractivity contribution is 0.316. The third-order valence-corrected chi connectivity index (χ3v) is 4.80. The van der Waals surface area contributed by atoms with Crippen LogP contribution in [0.5, 0.6) is 0 Å². The maximum atomic E-state index is 13.3. The minimum absolute atomic E-state index is 0.243. The Hall–Kier alpha value is -0.600. The minimum Gasteiger partial charge on any atom is -0.316 e. The van der Waals surface area contributed by atoms with Crippen LogP contribution in [0.25, 0.3) is 0 Å². The topological polar surface area (TPSA) is 12.0 Å². The van der Waals surface area contributed by atoms with Gasteiger partial charge in [0.2, 0.25) is 0 Å². The second-order valence-corrected chi connectivity index (χ2v) is 7.22. The minimum atomic E-state index is -0.323. The molecule has 2 rings (SSSR count). The number of hydrogen-bond acceptors (Lipinski definition) is 1. The van der Waals surface area contributed by atoms with Gasteiger partial charge >= 0.3 is 0 Å². The van der Waals surface area contributed by atoms with Crippen LogP contribution < -0.4 is 5.32 Å². The Bertz CT molecular complexity index is 441. The van der Waals surface area contributed by atoms with Gasteiger partial charge in [-0.25, -0.2) is 4.39 Å². The maximum absolute atomic E-state index is 13.3. The van der Waals surface area contributed by atoms with Gasteiger partial charge in [0, 0.05) is 0 Å². The Morgan fingerprint density at radius 2 is 1.95 bits per heavy atom. The summed E-state index contributed by atoms with van der Waals surface area (Å²) in [5.41, 5.74) is 1.16. The summed E-state index contributed by atoms with van der Waals surface area (Å²) in [5, 5.41) is 3.84. The van der Waals surface area contributed by atoms with E-state index in [1.165, 1.54) is 31.7 Å². The molecule has 0 aromatic heterocycles. The van der Waals surface area contributed by atoms with Crippen LogP contribution in [0, 0.1) is 23.6 Å². The number of nitrogens with one attached hydrogen (secondary N) is 1. The highest BCUT2D eigenvalue weighted by Crippen LogP contribution is 2.33. The SMILES string of the molecule is CC(C)CNCC(Cc1ccc(F)c(Cl)c1)C1CCCC1. The van der Waals surface area contributed by atoms with Crippen molar-refractivity contribution in [3.63, 3.8) is 0 Å². The molecule has 0 aliphatic heterocycles. The molecule has 0 amide bonds. The summed E-state index contributed by atoms with van der Waals surface area (Å²) < 4.78 is 13.3. The second kappa shape index (κ2) is 8.14. The number of rotatable bonds is 7. The first-order chi connectivity index (χ1) is 10.1. The number of benzene rings is 1. The average molecular weight is 312 g/mol. The van der Waals surface area contributed by atoms with Crippen LogP contribution in [0.15, 0.2) is 18.2 Å². The fraction of sp³-hybridized carbons (Fsp3) is 0.667.